The number of halogens is 2. The van der Waals surface area contributed by atoms with Crippen molar-refractivity contribution in [2.24, 2.45) is 17.6 Å². The number of nitrogens with one attached hydrogen (secondary N) is 1. The van der Waals surface area contributed by atoms with Crippen LogP contribution in [0.5, 0.6) is 0 Å². The number of aromatic nitrogens is 1. The fourth-order valence-electron chi connectivity index (χ4n) is 3.88. The quantitative estimate of drug-likeness (QED) is 0.808. The number of anilines is 1. The highest BCUT2D eigenvalue weighted by Gasteiger charge is 2.26. The average Bonchev–Trinajstić information content (AvgIpc) is 2.63. The summed E-state index contributed by atoms with van der Waals surface area (Å²) in [5.74, 6) is 2.17. The molecule has 2 heterocycles. The molecule has 1 amide bonds. The van der Waals surface area contributed by atoms with E-state index >= 15 is 0 Å². The molecule has 2 atom stereocenters. The summed E-state index contributed by atoms with van der Waals surface area (Å²) < 4.78 is 0. The van der Waals surface area contributed by atoms with Gasteiger partial charge in [-0.05, 0) is 56.2 Å². The summed E-state index contributed by atoms with van der Waals surface area (Å²) in [6, 6.07) is 4.09. The second-order valence-electron chi connectivity index (χ2n) is 7.43. The minimum Gasteiger partial charge on any atom is -0.357 e. The molecule has 1 saturated carbocycles. The maximum Gasteiger partial charge on any atom is 0.253 e. The molecule has 1 saturated heterocycles. The van der Waals surface area contributed by atoms with E-state index < -0.39 is 0 Å². The van der Waals surface area contributed by atoms with Crippen LogP contribution < -0.4 is 16.0 Å². The van der Waals surface area contributed by atoms with Gasteiger partial charge in [-0.3, -0.25) is 4.79 Å². The number of piperidine rings is 1. The van der Waals surface area contributed by atoms with Crippen molar-refractivity contribution in [2.45, 2.75) is 51.5 Å². The van der Waals surface area contributed by atoms with Crippen molar-refractivity contribution in [3.8, 4) is 0 Å². The number of amides is 1. The lowest BCUT2D eigenvalue weighted by Gasteiger charge is -2.32. The molecule has 0 spiro atoms. The van der Waals surface area contributed by atoms with Crippen LogP contribution in [-0.4, -0.2) is 36.6 Å². The molecule has 2 unspecified atom stereocenters. The second kappa shape index (κ2) is 11.0. The zero-order valence-corrected chi connectivity index (χ0v) is 17.2. The molecule has 0 bridgehead atoms. The highest BCUT2D eigenvalue weighted by molar-refractivity contribution is 5.94. The first-order chi connectivity index (χ1) is 11.7. The van der Waals surface area contributed by atoms with Gasteiger partial charge in [0.2, 0.25) is 0 Å². The number of hydrogen-bond donors (Lipinski definition) is 2. The van der Waals surface area contributed by atoms with E-state index in [2.05, 4.69) is 22.1 Å². The number of nitrogens with two attached hydrogens (primary N) is 1. The van der Waals surface area contributed by atoms with Gasteiger partial charge in [0, 0.05) is 25.3 Å². The van der Waals surface area contributed by atoms with Gasteiger partial charge in [-0.1, -0.05) is 19.8 Å². The lowest BCUT2D eigenvalue weighted by atomic mass is 9.84. The summed E-state index contributed by atoms with van der Waals surface area (Å²) >= 11 is 0. The Hall–Kier alpha value is -1.04. The summed E-state index contributed by atoms with van der Waals surface area (Å²) in [6.07, 6.45) is 8.68. The Morgan fingerprint density at radius 2 is 1.88 bits per heavy atom. The molecule has 0 aromatic carbocycles. The third-order valence-electron chi connectivity index (χ3n) is 5.65. The van der Waals surface area contributed by atoms with Crippen LogP contribution in [0.4, 0.5) is 5.82 Å². The van der Waals surface area contributed by atoms with E-state index in [9.17, 15) is 4.79 Å². The van der Waals surface area contributed by atoms with Crippen molar-refractivity contribution in [3.63, 3.8) is 0 Å². The minimum absolute atomic E-state index is 0. The molecule has 3 rings (SSSR count). The van der Waals surface area contributed by atoms with E-state index in [1.165, 1.54) is 25.7 Å². The molecule has 1 aromatic rings. The first kappa shape index (κ1) is 23.0. The van der Waals surface area contributed by atoms with Gasteiger partial charge in [0.15, 0.2) is 0 Å². The Morgan fingerprint density at radius 3 is 2.50 bits per heavy atom. The largest absolute Gasteiger partial charge is 0.357 e. The van der Waals surface area contributed by atoms with Crippen LogP contribution in [0.3, 0.4) is 0 Å². The molecule has 1 aliphatic heterocycles. The van der Waals surface area contributed by atoms with Gasteiger partial charge in [-0.15, -0.1) is 24.8 Å². The Kier molecular flexibility index (Phi) is 9.69. The molecule has 26 heavy (non-hydrogen) atoms. The third-order valence-corrected chi connectivity index (χ3v) is 5.65. The van der Waals surface area contributed by atoms with Crippen molar-refractivity contribution in [3.05, 3.63) is 23.9 Å². The second-order valence-corrected chi connectivity index (χ2v) is 7.43. The summed E-state index contributed by atoms with van der Waals surface area (Å²) in [7, 11) is 0. The molecule has 1 aliphatic carbocycles. The molecular weight excluding hydrogens is 371 g/mol. The fraction of sp³-hybridized carbons (Fsp3) is 0.684. The Balaban J connectivity index is 0.00000169. The van der Waals surface area contributed by atoms with E-state index in [-0.39, 0.29) is 36.8 Å². The first-order valence-electron chi connectivity index (χ1n) is 9.39. The fourth-order valence-corrected chi connectivity index (χ4v) is 3.88. The lowest BCUT2D eigenvalue weighted by Crippen LogP contribution is -2.44. The van der Waals surface area contributed by atoms with Gasteiger partial charge in [0.05, 0.1) is 5.56 Å². The van der Waals surface area contributed by atoms with E-state index in [4.69, 9.17) is 5.73 Å². The summed E-state index contributed by atoms with van der Waals surface area (Å²) in [5, 5.41) is 3.17. The predicted octanol–water partition coefficient (Wildman–Crippen LogP) is 3.41. The Bertz CT molecular complexity index is 547. The topological polar surface area (TPSA) is 71.2 Å². The summed E-state index contributed by atoms with van der Waals surface area (Å²) in [5.41, 5.74) is 6.50. The molecule has 2 aliphatic rings. The molecule has 7 heteroatoms. The van der Waals surface area contributed by atoms with Crippen molar-refractivity contribution >= 4 is 36.5 Å². The van der Waals surface area contributed by atoms with Crippen LogP contribution >= 0.6 is 24.8 Å². The standard InChI is InChI=1S/C19H30N4O.2ClH/c1-14-8-10-23(11-9-14)18-7-6-16(13-21-18)19(24)22-17-5-3-2-4-15(17)12-20;;/h6-7,13-15,17H,2-5,8-12,20H2,1H3,(H,22,24);2*1H. The molecule has 3 N–H and O–H groups in total. The molecule has 2 fully saturated rings. The van der Waals surface area contributed by atoms with Crippen LogP contribution in [0.15, 0.2) is 18.3 Å². The highest BCUT2D eigenvalue weighted by atomic mass is 35.5. The van der Waals surface area contributed by atoms with E-state index in [1.54, 1.807) is 6.20 Å². The number of hydrogen-bond acceptors (Lipinski definition) is 4. The van der Waals surface area contributed by atoms with E-state index in [0.717, 1.165) is 37.7 Å². The smallest absolute Gasteiger partial charge is 0.253 e. The van der Waals surface area contributed by atoms with E-state index in [1.807, 2.05) is 12.1 Å². The van der Waals surface area contributed by atoms with Gasteiger partial charge in [-0.25, -0.2) is 4.98 Å². The van der Waals surface area contributed by atoms with Crippen molar-refractivity contribution in [1.82, 2.24) is 10.3 Å². The monoisotopic (exact) mass is 402 g/mol. The van der Waals surface area contributed by atoms with Crippen molar-refractivity contribution < 1.29 is 4.79 Å². The van der Waals surface area contributed by atoms with Gasteiger partial charge >= 0.3 is 0 Å². The summed E-state index contributed by atoms with van der Waals surface area (Å²) in [6.45, 7) is 5.06. The van der Waals surface area contributed by atoms with Crippen molar-refractivity contribution in [2.75, 3.05) is 24.5 Å². The van der Waals surface area contributed by atoms with Gasteiger partial charge in [0.1, 0.15) is 5.82 Å². The van der Waals surface area contributed by atoms with Gasteiger partial charge in [0.25, 0.3) is 5.91 Å². The number of carbonyl (C=O) groups is 1. The number of nitrogens with zero attached hydrogens (tertiary/aromatic N) is 2. The molecular formula is C19H32Cl2N4O. The van der Waals surface area contributed by atoms with Crippen LogP contribution in [0.1, 0.15) is 55.8 Å². The van der Waals surface area contributed by atoms with E-state index in [0.29, 0.717) is 18.0 Å². The SMILES string of the molecule is CC1CCN(c2ccc(C(=O)NC3CCCCC3CN)cn2)CC1.Cl.Cl. The maximum atomic E-state index is 12.5. The van der Waals surface area contributed by atoms with Gasteiger partial charge < -0.3 is 16.0 Å². The Morgan fingerprint density at radius 1 is 1.19 bits per heavy atom. The van der Waals surface area contributed by atoms with Crippen molar-refractivity contribution in [1.29, 1.82) is 0 Å². The maximum absolute atomic E-state index is 12.5. The highest BCUT2D eigenvalue weighted by Crippen LogP contribution is 2.24. The zero-order chi connectivity index (χ0) is 16.9. The molecule has 148 valence electrons. The molecule has 5 nitrogen and oxygen atoms in total. The van der Waals surface area contributed by atoms with Crippen LogP contribution in [0, 0.1) is 11.8 Å². The zero-order valence-electron chi connectivity index (χ0n) is 15.5. The number of carbonyl (C=O) groups excluding carboxylic acids is 1. The normalized spacial score (nSPS) is 23.5. The average molecular weight is 403 g/mol. The van der Waals surface area contributed by atoms with Crippen LogP contribution in [0.2, 0.25) is 0 Å². The summed E-state index contributed by atoms with van der Waals surface area (Å²) in [4.78, 5) is 19.3. The van der Waals surface area contributed by atoms with Crippen LogP contribution in [0.25, 0.3) is 0 Å². The molecule has 0 radical (unpaired) electrons. The van der Waals surface area contributed by atoms with Crippen LogP contribution in [-0.2, 0) is 0 Å². The third kappa shape index (κ3) is 5.73. The van der Waals surface area contributed by atoms with Gasteiger partial charge in [-0.2, -0.15) is 0 Å². The number of rotatable bonds is 4. The Labute approximate surface area is 169 Å². The number of pyridine rings is 1. The minimum atomic E-state index is -0.0216. The first-order valence-corrected chi connectivity index (χ1v) is 9.39. The predicted molar refractivity (Wildman–Crippen MR) is 112 cm³/mol. The lowest BCUT2D eigenvalue weighted by molar-refractivity contribution is 0.0907. The molecule has 1 aromatic heterocycles.